The lowest BCUT2D eigenvalue weighted by Crippen LogP contribution is -2.34. The average molecular weight is 373 g/mol. The molecule has 2 aromatic rings. The van der Waals surface area contributed by atoms with Gasteiger partial charge in [0.05, 0.1) is 12.0 Å². The molecule has 1 aliphatic carbocycles. The minimum Gasteiger partial charge on any atom is -0.478 e. The Hall–Kier alpha value is -2.65. The van der Waals surface area contributed by atoms with E-state index in [1.807, 2.05) is 72.8 Å². The van der Waals surface area contributed by atoms with Crippen LogP contribution < -0.4 is 0 Å². The zero-order valence-electron chi connectivity index (χ0n) is 16.7. The zero-order valence-corrected chi connectivity index (χ0v) is 16.7. The number of rotatable bonds is 4. The van der Waals surface area contributed by atoms with Crippen LogP contribution in [-0.2, 0) is 10.3 Å². The number of nitrogens with zero attached hydrogens (tertiary/aromatic N) is 1. The second-order valence-corrected chi connectivity index (χ2v) is 8.59. The smallest absolute Gasteiger partial charge is 0.195 e. The summed E-state index contributed by atoms with van der Waals surface area (Å²) in [6.45, 7) is 7.13. The second kappa shape index (κ2) is 7.06. The van der Waals surface area contributed by atoms with E-state index in [-0.39, 0.29) is 17.4 Å². The van der Waals surface area contributed by atoms with Gasteiger partial charge in [-0.25, -0.2) is 4.99 Å². The van der Waals surface area contributed by atoms with Crippen molar-refractivity contribution in [3.63, 3.8) is 0 Å². The molecule has 0 spiro atoms. The number of aliphatic imine (C=N–C) groups is 1. The molecule has 28 heavy (non-hydrogen) atoms. The lowest BCUT2D eigenvalue weighted by atomic mass is 9.76. The van der Waals surface area contributed by atoms with Crippen LogP contribution >= 0.6 is 0 Å². The Morgan fingerprint density at radius 1 is 0.929 bits per heavy atom. The van der Waals surface area contributed by atoms with Gasteiger partial charge in [-0.15, -0.1) is 0 Å². The Morgan fingerprint density at radius 3 is 2.00 bits per heavy atom. The van der Waals surface area contributed by atoms with E-state index in [1.54, 1.807) is 0 Å². The van der Waals surface area contributed by atoms with E-state index in [4.69, 9.17) is 9.73 Å². The maximum atomic E-state index is 12.1. The summed E-state index contributed by atoms with van der Waals surface area (Å²) in [6, 6.07) is 19.8. The van der Waals surface area contributed by atoms with Crippen molar-refractivity contribution < 1.29 is 9.84 Å². The van der Waals surface area contributed by atoms with Gasteiger partial charge in [0.2, 0.25) is 0 Å². The molecule has 1 heterocycles. The lowest BCUT2D eigenvalue weighted by Gasteiger charge is -2.34. The van der Waals surface area contributed by atoms with Crippen LogP contribution in [0.15, 0.2) is 89.5 Å². The molecule has 0 aromatic heterocycles. The average Bonchev–Trinajstić information content (AvgIpc) is 3.38. The zero-order chi connectivity index (χ0) is 19.8. The van der Waals surface area contributed by atoms with Crippen LogP contribution in [-0.4, -0.2) is 23.7 Å². The molecule has 0 saturated carbocycles. The number of hydrogen-bond acceptors (Lipinski definition) is 3. The molecule has 144 valence electrons. The number of ether oxygens (including phenoxy) is 1. The van der Waals surface area contributed by atoms with Crippen molar-refractivity contribution in [1.82, 2.24) is 0 Å². The maximum absolute atomic E-state index is 12.1. The van der Waals surface area contributed by atoms with Gasteiger partial charge >= 0.3 is 0 Å². The van der Waals surface area contributed by atoms with Gasteiger partial charge < -0.3 is 9.84 Å². The van der Waals surface area contributed by atoms with Gasteiger partial charge in [-0.1, -0.05) is 99.7 Å². The van der Waals surface area contributed by atoms with E-state index in [0.29, 0.717) is 12.5 Å². The van der Waals surface area contributed by atoms with E-state index in [9.17, 15) is 5.11 Å². The highest BCUT2D eigenvalue weighted by Gasteiger charge is 2.43. The first-order chi connectivity index (χ1) is 13.4. The van der Waals surface area contributed by atoms with Crippen LogP contribution in [0, 0.1) is 11.3 Å². The molecule has 0 amide bonds. The Kier molecular flexibility index (Phi) is 4.72. The van der Waals surface area contributed by atoms with Crippen molar-refractivity contribution in [3.8, 4) is 0 Å². The molecule has 2 atom stereocenters. The predicted molar refractivity (Wildman–Crippen MR) is 113 cm³/mol. The summed E-state index contributed by atoms with van der Waals surface area (Å²) >= 11 is 0. The molecule has 0 bridgehead atoms. The summed E-state index contributed by atoms with van der Waals surface area (Å²) in [5.74, 6) is 0.531. The first-order valence-corrected chi connectivity index (χ1v) is 9.83. The Bertz CT molecular complexity index is 881. The van der Waals surface area contributed by atoms with Gasteiger partial charge in [0.25, 0.3) is 0 Å². The molecule has 2 aromatic carbocycles. The summed E-state index contributed by atoms with van der Waals surface area (Å²) in [4.78, 5) is 4.88. The van der Waals surface area contributed by atoms with Crippen LogP contribution in [0.4, 0.5) is 0 Å². The fraction of sp³-hybridized carbons (Fsp3) is 0.320. The standard InChI is InChI=1S/C25H27NO2/c1-24(2,3)22-17-28-23(26-22)20-15-10-16-21(20)25(27,18-11-6-4-7-12-18)19-13-8-5-9-14-19/h4-16,20,22,27H,17H2,1-3H3/t20?,22-/m1/s1. The highest BCUT2D eigenvalue weighted by Crippen LogP contribution is 2.44. The van der Waals surface area contributed by atoms with Gasteiger partial charge in [-0.2, -0.15) is 0 Å². The van der Waals surface area contributed by atoms with Crippen LogP contribution in [0.25, 0.3) is 0 Å². The fourth-order valence-electron chi connectivity index (χ4n) is 3.90. The van der Waals surface area contributed by atoms with E-state index in [1.165, 1.54) is 0 Å². The second-order valence-electron chi connectivity index (χ2n) is 8.59. The minimum atomic E-state index is -1.25. The molecule has 3 nitrogen and oxygen atoms in total. The van der Waals surface area contributed by atoms with E-state index < -0.39 is 5.60 Å². The van der Waals surface area contributed by atoms with Crippen molar-refractivity contribution in [2.45, 2.75) is 32.4 Å². The highest BCUT2D eigenvalue weighted by atomic mass is 16.5. The maximum Gasteiger partial charge on any atom is 0.195 e. The van der Waals surface area contributed by atoms with Gasteiger partial charge in [-0.05, 0) is 22.1 Å². The van der Waals surface area contributed by atoms with Crippen molar-refractivity contribution in [2.75, 3.05) is 6.61 Å². The molecular weight excluding hydrogens is 346 g/mol. The molecule has 0 fully saturated rings. The van der Waals surface area contributed by atoms with Crippen LogP contribution in [0.5, 0.6) is 0 Å². The molecule has 1 N–H and O–H groups in total. The van der Waals surface area contributed by atoms with Crippen LogP contribution in [0.2, 0.25) is 0 Å². The molecule has 1 aliphatic heterocycles. The number of hydrogen-bond donors (Lipinski definition) is 1. The summed E-state index contributed by atoms with van der Waals surface area (Å²) in [5, 5.41) is 12.1. The number of aliphatic hydroxyl groups is 1. The van der Waals surface area contributed by atoms with E-state index in [2.05, 4.69) is 26.8 Å². The summed E-state index contributed by atoms with van der Waals surface area (Å²) in [7, 11) is 0. The Morgan fingerprint density at radius 2 is 1.50 bits per heavy atom. The van der Waals surface area contributed by atoms with Crippen molar-refractivity contribution in [3.05, 3.63) is 95.6 Å². The normalized spacial score (nSPS) is 22.0. The quantitative estimate of drug-likeness (QED) is 0.830. The molecule has 4 rings (SSSR count). The lowest BCUT2D eigenvalue weighted by molar-refractivity contribution is 0.114. The van der Waals surface area contributed by atoms with Crippen molar-refractivity contribution >= 4 is 5.90 Å². The third kappa shape index (κ3) is 3.20. The third-order valence-corrected chi connectivity index (χ3v) is 5.65. The number of benzene rings is 2. The molecular formula is C25H27NO2. The fourth-order valence-corrected chi connectivity index (χ4v) is 3.90. The third-order valence-electron chi connectivity index (χ3n) is 5.65. The Labute approximate surface area is 167 Å². The predicted octanol–water partition coefficient (Wildman–Crippen LogP) is 4.88. The summed E-state index contributed by atoms with van der Waals surface area (Å²) in [6.07, 6.45) is 6.06. The molecule has 2 aliphatic rings. The minimum absolute atomic E-state index is 0.0448. The first-order valence-electron chi connectivity index (χ1n) is 9.83. The Balaban J connectivity index is 1.78. The first kappa shape index (κ1) is 18.7. The molecule has 0 radical (unpaired) electrons. The highest BCUT2D eigenvalue weighted by molar-refractivity contribution is 5.87. The van der Waals surface area contributed by atoms with Gasteiger partial charge in [0, 0.05) is 0 Å². The SMILES string of the molecule is CC(C)(C)[C@H]1COC(C2C=CC=C2C(O)(c2ccccc2)c2ccccc2)=N1. The van der Waals surface area contributed by atoms with Crippen LogP contribution in [0.1, 0.15) is 31.9 Å². The van der Waals surface area contributed by atoms with E-state index in [0.717, 1.165) is 16.7 Å². The molecule has 0 saturated heterocycles. The van der Waals surface area contributed by atoms with Crippen LogP contribution in [0.3, 0.4) is 0 Å². The number of allylic oxidation sites excluding steroid dienone is 2. The van der Waals surface area contributed by atoms with Gasteiger partial charge in [-0.3, -0.25) is 0 Å². The molecule has 1 unspecified atom stereocenters. The van der Waals surface area contributed by atoms with Gasteiger partial charge in [0.15, 0.2) is 5.90 Å². The van der Waals surface area contributed by atoms with Gasteiger partial charge in [0.1, 0.15) is 12.2 Å². The summed E-state index contributed by atoms with van der Waals surface area (Å²) in [5.41, 5.74) is 1.35. The monoisotopic (exact) mass is 373 g/mol. The van der Waals surface area contributed by atoms with E-state index >= 15 is 0 Å². The van der Waals surface area contributed by atoms with Crippen molar-refractivity contribution in [2.24, 2.45) is 16.3 Å². The summed E-state index contributed by atoms with van der Waals surface area (Å²) < 4.78 is 6.02. The largest absolute Gasteiger partial charge is 0.478 e. The topological polar surface area (TPSA) is 41.8 Å². The molecule has 3 heteroatoms. The van der Waals surface area contributed by atoms with Crippen molar-refractivity contribution in [1.29, 1.82) is 0 Å².